The summed E-state index contributed by atoms with van der Waals surface area (Å²) in [6.07, 6.45) is 1.76. The van der Waals surface area contributed by atoms with E-state index in [1.54, 1.807) is 6.08 Å². The van der Waals surface area contributed by atoms with E-state index in [9.17, 15) is 0 Å². The molecule has 1 aliphatic heterocycles. The molecule has 214 valence electrons. The van der Waals surface area contributed by atoms with E-state index in [2.05, 4.69) is 6.58 Å². The van der Waals surface area contributed by atoms with Crippen LogP contribution < -0.4 is 22.6 Å². The maximum Gasteiger partial charge on any atom is 0.603 e. The van der Waals surface area contributed by atoms with Crippen LogP contribution in [0.15, 0.2) is 166 Å². The second-order valence-electron chi connectivity index (χ2n) is 8.98. The molecule has 0 spiro atoms. The van der Waals surface area contributed by atoms with Gasteiger partial charge in [0.05, 0.1) is 9.03 Å². The van der Waals surface area contributed by atoms with Crippen LogP contribution in [-0.4, -0.2) is 0 Å². The largest absolute Gasteiger partial charge is 0.603 e. The number of rotatable bonds is 11. The molecule has 0 fully saturated rings. The quantitative estimate of drug-likeness (QED) is 0.136. The van der Waals surface area contributed by atoms with Crippen molar-refractivity contribution in [3.8, 4) is 28.7 Å². The topological polar surface area (TPSA) is 83.2 Å². The predicted molar refractivity (Wildman–Crippen MR) is 173 cm³/mol. The van der Waals surface area contributed by atoms with Gasteiger partial charge in [0.1, 0.15) is 23.0 Å². The summed E-state index contributed by atoms with van der Waals surface area (Å²) >= 11 is 0. The SMILES string of the molecule is C=Cc1ccc(OP2(Oc3ccccc3)=N[P+](Oc3ccccc3)=NP(Oc3ccccc3)(Oc3ccccc3)=N2)cc1. The summed E-state index contributed by atoms with van der Waals surface area (Å²) in [7, 11) is -9.19. The van der Waals surface area contributed by atoms with Crippen molar-refractivity contribution in [2.75, 3.05) is 0 Å². The fraction of sp³-hybridized carbons (Fsp3) is 0. The normalized spacial score (nSPS) is 17.6. The molecule has 5 aromatic rings. The Morgan fingerprint density at radius 1 is 0.488 bits per heavy atom. The molecule has 5 aromatic carbocycles. The molecule has 1 heterocycles. The van der Waals surface area contributed by atoms with Gasteiger partial charge in [-0.15, -0.1) is 0 Å². The molecule has 43 heavy (non-hydrogen) atoms. The van der Waals surface area contributed by atoms with Gasteiger partial charge in [0, 0.05) is 0 Å². The van der Waals surface area contributed by atoms with Crippen molar-refractivity contribution in [1.82, 2.24) is 0 Å². The molecule has 0 aliphatic carbocycles. The Hall–Kier alpha value is -4.60. The van der Waals surface area contributed by atoms with Gasteiger partial charge in [-0.2, -0.15) is 0 Å². The lowest BCUT2D eigenvalue weighted by molar-refractivity contribution is 0.458. The van der Waals surface area contributed by atoms with Crippen LogP contribution >= 0.6 is 23.4 Å². The zero-order chi connectivity index (χ0) is 29.4. The third-order valence-corrected chi connectivity index (χ3v) is 12.8. The highest BCUT2D eigenvalue weighted by Crippen LogP contribution is 2.73. The molecule has 0 radical (unpaired) electrons. The molecule has 0 bridgehead atoms. The third kappa shape index (κ3) is 7.43. The molecular weight excluding hydrogens is 599 g/mol. The van der Waals surface area contributed by atoms with E-state index >= 15 is 0 Å². The molecular formula is C32H27N3O5P3+. The Bertz CT molecular complexity index is 1780. The summed E-state index contributed by atoms with van der Waals surface area (Å²) in [4.78, 5) is 0. The highest BCUT2D eigenvalue weighted by molar-refractivity contribution is 7.75. The van der Waals surface area contributed by atoms with E-state index in [1.807, 2.05) is 146 Å². The Kier molecular flexibility index (Phi) is 8.72. The van der Waals surface area contributed by atoms with Crippen LogP contribution in [-0.2, 0) is 0 Å². The Morgan fingerprint density at radius 3 is 1.33 bits per heavy atom. The lowest BCUT2D eigenvalue weighted by Crippen LogP contribution is -2.06. The fourth-order valence-electron chi connectivity index (χ4n) is 3.84. The highest BCUT2D eigenvalue weighted by atomic mass is 31.3. The first-order valence-corrected chi connectivity index (χ1v) is 17.5. The van der Waals surface area contributed by atoms with Crippen LogP contribution in [0.25, 0.3) is 6.08 Å². The van der Waals surface area contributed by atoms with Crippen molar-refractivity contribution in [2.24, 2.45) is 13.5 Å². The number of benzene rings is 5. The van der Waals surface area contributed by atoms with Gasteiger partial charge in [0.15, 0.2) is 5.75 Å². The van der Waals surface area contributed by atoms with Crippen molar-refractivity contribution in [1.29, 1.82) is 0 Å². The molecule has 2 unspecified atom stereocenters. The van der Waals surface area contributed by atoms with Gasteiger partial charge >= 0.3 is 23.4 Å². The standard InChI is InChI=1S/C32H27N3O5P3/c1-2-27-23-25-32(26-24-27)40-43(39-31-21-13-6-14-22-31)34-41(36-28-15-7-3-8-16-28)33-42(35-43,37-29-17-9-4-10-18-29)38-30-19-11-5-12-20-30/h2-26H,1H2/q+1. The second-order valence-corrected chi connectivity index (χ2v) is 14.5. The van der Waals surface area contributed by atoms with Crippen molar-refractivity contribution in [3.63, 3.8) is 0 Å². The van der Waals surface area contributed by atoms with E-state index < -0.39 is 23.4 Å². The average molecular weight is 627 g/mol. The maximum atomic E-state index is 6.61. The zero-order valence-corrected chi connectivity index (χ0v) is 25.5. The van der Waals surface area contributed by atoms with Crippen LogP contribution in [0.1, 0.15) is 5.56 Å². The molecule has 2 atom stereocenters. The molecule has 0 amide bonds. The average Bonchev–Trinajstić information content (AvgIpc) is 3.03. The zero-order valence-electron chi connectivity index (χ0n) is 22.9. The first kappa shape index (κ1) is 28.5. The third-order valence-electron chi connectivity index (χ3n) is 5.78. The predicted octanol–water partition coefficient (Wildman–Crippen LogP) is 11.4. The van der Waals surface area contributed by atoms with Gasteiger partial charge in [-0.05, 0) is 66.2 Å². The summed E-state index contributed by atoms with van der Waals surface area (Å²) in [6, 6.07) is 44.6. The van der Waals surface area contributed by atoms with Gasteiger partial charge in [-0.3, -0.25) is 0 Å². The van der Waals surface area contributed by atoms with Crippen molar-refractivity contribution < 1.29 is 22.6 Å². The van der Waals surface area contributed by atoms with Crippen LogP contribution in [0, 0.1) is 0 Å². The van der Waals surface area contributed by atoms with E-state index in [-0.39, 0.29) is 0 Å². The van der Waals surface area contributed by atoms with Crippen molar-refractivity contribution >= 4 is 29.5 Å². The lowest BCUT2D eigenvalue weighted by atomic mass is 10.2. The van der Waals surface area contributed by atoms with Crippen molar-refractivity contribution in [2.45, 2.75) is 0 Å². The summed E-state index contributed by atoms with van der Waals surface area (Å²) in [6.45, 7) is 3.84. The van der Waals surface area contributed by atoms with E-state index in [4.69, 9.17) is 36.2 Å². The molecule has 0 saturated heterocycles. The lowest BCUT2D eigenvalue weighted by Gasteiger charge is -2.25. The minimum absolute atomic E-state index is 0.497. The monoisotopic (exact) mass is 626 g/mol. The molecule has 1 aliphatic rings. The van der Waals surface area contributed by atoms with E-state index in [0.29, 0.717) is 28.7 Å². The van der Waals surface area contributed by atoms with Gasteiger partial charge in [-0.25, -0.2) is 4.52 Å². The molecule has 6 rings (SSSR count). The van der Waals surface area contributed by atoms with Gasteiger partial charge in [0.25, 0.3) is 0 Å². The van der Waals surface area contributed by atoms with Crippen molar-refractivity contribution in [3.05, 3.63) is 158 Å². The van der Waals surface area contributed by atoms with E-state index in [0.717, 1.165) is 5.56 Å². The van der Waals surface area contributed by atoms with Gasteiger partial charge in [-0.1, -0.05) is 102 Å². The number of para-hydroxylation sites is 4. The Morgan fingerprint density at radius 2 is 0.884 bits per heavy atom. The minimum Gasteiger partial charge on any atom is -0.411 e. The highest BCUT2D eigenvalue weighted by Gasteiger charge is 2.49. The molecule has 11 heteroatoms. The van der Waals surface area contributed by atoms with Crippen LogP contribution in [0.5, 0.6) is 28.7 Å². The van der Waals surface area contributed by atoms with Crippen LogP contribution in [0.3, 0.4) is 0 Å². The smallest absolute Gasteiger partial charge is 0.411 e. The Balaban J connectivity index is 1.57. The first-order chi connectivity index (χ1) is 21.1. The second kappa shape index (κ2) is 13.1. The molecule has 0 saturated carbocycles. The Labute approximate surface area is 251 Å². The van der Waals surface area contributed by atoms with E-state index in [1.165, 1.54) is 0 Å². The molecule has 8 nitrogen and oxygen atoms in total. The van der Waals surface area contributed by atoms with Gasteiger partial charge < -0.3 is 18.1 Å². The maximum absolute atomic E-state index is 6.61. The summed E-state index contributed by atoms with van der Waals surface area (Å²) in [5, 5.41) is 0. The molecule has 0 N–H and O–H groups in total. The van der Waals surface area contributed by atoms with Crippen LogP contribution in [0.2, 0.25) is 0 Å². The number of hydrogen-bond acceptors (Lipinski definition) is 8. The summed E-state index contributed by atoms with van der Waals surface area (Å²) in [5.74, 6) is 2.62. The summed E-state index contributed by atoms with van der Waals surface area (Å²) < 4.78 is 47.6. The number of hydrogen-bond donors (Lipinski definition) is 0. The number of nitrogens with zero attached hydrogens (tertiary/aromatic N) is 3. The minimum atomic E-state index is -3.61. The fourth-order valence-corrected chi connectivity index (χ4v) is 11.4. The summed E-state index contributed by atoms with van der Waals surface area (Å²) in [5.41, 5.74) is 0.938. The van der Waals surface area contributed by atoms with Gasteiger partial charge in [0.2, 0.25) is 0 Å². The first-order valence-electron chi connectivity index (χ1n) is 13.3. The molecule has 0 aromatic heterocycles. The van der Waals surface area contributed by atoms with Crippen LogP contribution in [0.4, 0.5) is 0 Å².